The summed E-state index contributed by atoms with van der Waals surface area (Å²) in [6.07, 6.45) is 0.440. The maximum Gasteiger partial charge on any atom is 0.257 e. The third-order valence-electron chi connectivity index (χ3n) is 3.14. The van der Waals surface area contributed by atoms with E-state index in [-0.39, 0.29) is 5.82 Å². The van der Waals surface area contributed by atoms with E-state index in [0.29, 0.717) is 18.1 Å². The molecule has 0 amide bonds. The molecular formula is C16H14FN3O. The highest BCUT2D eigenvalue weighted by molar-refractivity contribution is 5.58. The first-order valence-electron chi connectivity index (χ1n) is 6.60. The van der Waals surface area contributed by atoms with E-state index in [0.717, 1.165) is 16.8 Å². The Hall–Kier alpha value is -2.69. The van der Waals surface area contributed by atoms with E-state index in [9.17, 15) is 4.39 Å². The van der Waals surface area contributed by atoms with Crippen molar-refractivity contribution in [2.24, 2.45) is 0 Å². The fraction of sp³-hybridized carbons (Fsp3) is 0.125. The molecule has 0 aliphatic heterocycles. The van der Waals surface area contributed by atoms with Crippen LogP contribution in [0.5, 0.6) is 0 Å². The Balaban J connectivity index is 1.79. The van der Waals surface area contributed by atoms with Crippen molar-refractivity contribution in [3.8, 4) is 11.5 Å². The molecule has 5 heteroatoms. The lowest BCUT2D eigenvalue weighted by molar-refractivity contribution is 0.424. The van der Waals surface area contributed by atoms with Gasteiger partial charge in [0.2, 0.25) is 0 Å². The van der Waals surface area contributed by atoms with Crippen LogP contribution in [-0.2, 0) is 6.42 Å². The first-order chi connectivity index (χ1) is 10.2. The summed E-state index contributed by atoms with van der Waals surface area (Å²) in [4.78, 5) is 4.34. The number of benzene rings is 2. The van der Waals surface area contributed by atoms with Crippen LogP contribution in [0.15, 0.2) is 53.1 Å². The highest BCUT2D eigenvalue weighted by atomic mass is 19.1. The van der Waals surface area contributed by atoms with Crippen LogP contribution in [0.2, 0.25) is 0 Å². The Labute approximate surface area is 121 Å². The molecule has 1 N–H and O–H groups in total. The molecule has 0 saturated heterocycles. The van der Waals surface area contributed by atoms with Gasteiger partial charge in [0, 0.05) is 24.7 Å². The molecule has 0 aliphatic rings. The molecule has 21 heavy (non-hydrogen) atoms. The topological polar surface area (TPSA) is 51.0 Å². The van der Waals surface area contributed by atoms with Crippen LogP contribution < -0.4 is 5.32 Å². The van der Waals surface area contributed by atoms with E-state index < -0.39 is 0 Å². The number of hydrogen-bond acceptors (Lipinski definition) is 4. The summed E-state index contributed by atoms with van der Waals surface area (Å²) >= 11 is 0. The minimum Gasteiger partial charge on any atom is -0.388 e. The Kier molecular flexibility index (Phi) is 3.64. The summed E-state index contributed by atoms with van der Waals surface area (Å²) in [6.45, 7) is 0. The molecule has 3 aromatic rings. The van der Waals surface area contributed by atoms with Gasteiger partial charge in [-0.15, -0.1) is 0 Å². The molecule has 0 radical (unpaired) electrons. The standard InChI is InChI=1S/C16H14FN3O/c1-18-14-7-5-12(6-8-14)16-19-15(20-21-16)10-11-3-2-4-13(17)9-11/h2-9,18H,10H2,1H3. The van der Waals surface area contributed by atoms with Gasteiger partial charge >= 0.3 is 0 Å². The summed E-state index contributed by atoms with van der Waals surface area (Å²) in [7, 11) is 1.86. The van der Waals surface area contributed by atoms with Crippen molar-refractivity contribution in [1.29, 1.82) is 0 Å². The van der Waals surface area contributed by atoms with Crippen LogP contribution in [0.1, 0.15) is 11.4 Å². The molecule has 3 rings (SSSR count). The zero-order chi connectivity index (χ0) is 14.7. The second kappa shape index (κ2) is 5.75. The summed E-state index contributed by atoms with van der Waals surface area (Å²) in [5, 5.41) is 6.98. The molecule has 0 fully saturated rings. The van der Waals surface area contributed by atoms with Gasteiger partial charge in [0.25, 0.3) is 5.89 Å². The first-order valence-corrected chi connectivity index (χ1v) is 6.60. The van der Waals surface area contributed by atoms with Gasteiger partial charge < -0.3 is 9.84 Å². The van der Waals surface area contributed by atoms with E-state index in [4.69, 9.17) is 4.52 Å². The van der Waals surface area contributed by atoms with Crippen molar-refractivity contribution >= 4 is 5.69 Å². The fourth-order valence-corrected chi connectivity index (χ4v) is 2.05. The zero-order valence-electron chi connectivity index (χ0n) is 11.5. The molecule has 1 heterocycles. The molecule has 0 aliphatic carbocycles. The van der Waals surface area contributed by atoms with E-state index >= 15 is 0 Å². The fourth-order valence-electron chi connectivity index (χ4n) is 2.05. The molecule has 1 aromatic heterocycles. The number of nitrogens with one attached hydrogen (secondary N) is 1. The Bertz CT molecular complexity index is 737. The Morgan fingerprint density at radius 3 is 2.67 bits per heavy atom. The van der Waals surface area contributed by atoms with Crippen molar-refractivity contribution in [3.63, 3.8) is 0 Å². The average Bonchev–Trinajstić information content (AvgIpc) is 2.96. The van der Waals surface area contributed by atoms with Crippen LogP contribution >= 0.6 is 0 Å². The number of anilines is 1. The molecule has 4 nitrogen and oxygen atoms in total. The van der Waals surface area contributed by atoms with E-state index in [1.54, 1.807) is 6.07 Å². The molecular weight excluding hydrogens is 269 g/mol. The lowest BCUT2D eigenvalue weighted by Gasteiger charge is -1.99. The monoisotopic (exact) mass is 283 g/mol. The largest absolute Gasteiger partial charge is 0.388 e. The molecule has 2 aromatic carbocycles. The van der Waals surface area contributed by atoms with Gasteiger partial charge in [-0.05, 0) is 42.0 Å². The quantitative estimate of drug-likeness (QED) is 0.796. The lowest BCUT2D eigenvalue weighted by Crippen LogP contribution is -1.91. The normalized spacial score (nSPS) is 10.6. The maximum atomic E-state index is 13.1. The van der Waals surface area contributed by atoms with Gasteiger partial charge in [-0.2, -0.15) is 4.98 Å². The van der Waals surface area contributed by atoms with Crippen LogP contribution in [0.4, 0.5) is 10.1 Å². The van der Waals surface area contributed by atoms with Gasteiger partial charge in [0.15, 0.2) is 5.82 Å². The summed E-state index contributed by atoms with van der Waals surface area (Å²) < 4.78 is 18.4. The van der Waals surface area contributed by atoms with Crippen LogP contribution in [0, 0.1) is 5.82 Å². The second-order valence-corrected chi connectivity index (χ2v) is 4.65. The number of rotatable bonds is 4. The van der Waals surface area contributed by atoms with E-state index in [2.05, 4.69) is 15.5 Å². The summed E-state index contributed by atoms with van der Waals surface area (Å²) in [5.41, 5.74) is 2.68. The van der Waals surface area contributed by atoms with Crippen molar-refractivity contribution in [2.75, 3.05) is 12.4 Å². The second-order valence-electron chi connectivity index (χ2n) is 4.65. The molecule has 106 valence electrons. The van der Waals surface area contributed by atoms with Crippen LogP contribution in [0.25, 0.3) is 11.5 Å². The highest BCUT2D eigenvalue weighted by Gasteiger charge is 2.09. The molecule has 0 unspecified atom stereocenters. The molecule has 0 spiro atoms. The number of aromatic nitrogens is 2. The maximum absolute atomic E-state index is 13.1. The van der Waals surface area contributed by atoms with E-state index in [1.807, 2.05) is 37.4 Å². The summed E-state index contributed by atoms with van der Waals surface area (Å²) in [5.74, 6) is 0.733. The lowest BCUT2D eigenvalue weighted by atomic mass is 10.1. The van der Waals surface area contributed by atoms with Gasteiger partial charge in [-0.1, -0.05) is 17.3 Å². The molecule has 0 bridgehead atoms. The number of hydrogen-bond donors (Lipinski definition) is 1. The Morgan fingerprint density at radius 1 is 1.14 bits per heavy atom. The minimum absolute atomic E-state index is 0.265. The third kappa shape index (κ3) is 3.08. The van der Waals surface area contributed by atoms with Gasteiger partial charge in [-0.25, -0.2) is 4.39 Å². The number of halogens is 1. The average molecular weight is 283 g/mol. The first kappa shape index (κ1) is 13.3. The smallest absolute Gasteiger partial charge is 0.257 e. The number of nitrogens with zero attached hydrogens (tertiary/aromatic N) is 2. The zero-order valence-corrected chi connectivity index (χ0v) is 11.5. The van der Waals surface area contributed by atoms with Crippen LogP contribution in [0.3, 0.4) is 0 Å². The summed E-state index contributed by atoms with van der Waals surface area (Å²) in [6, 6.07) is 14.1. The predicted molar refractivity (Wildman–Crippen MR) is 78.5 cm³/mol. The van der Waals surface area contributed by atoms with Crippen molar-refractivity contribution in [1.82, 2.24) is 10.1 Å². The predicted octanol–water partition coefficient (Wildman–Crippen LogP) is 3.51. The van der Waals surface area contributed by atoms with Crippen molar-refractivity contribution in [3.05, 3.63) is 65.7 Å². The Morgan fingerprint density at radius 2 is 1.95 bits per heavy atom. The van der Waals surface area contributed by atoms with Gasteiger partial charge in [0.1, 0.15) is 5.82 Å². The highest BCUT2D eigenvalue weighted by Crippen LogP contribution is 2.20. The van der Waals surface area contributed by atoms with E-state index in [1.165, 1.54) is 12.1 Å². The molecule has 0 saturated carbocycles. The van der Waals surface area contributed by atoms with Crippen molar-refractivity contribution < 1.29 is 8.91 Å². The van der Waals surface area contributed by atoms with Gasteiger partial charge in [0.05, 0.1) is 0 Å². The van der Waals surface area contributed by atoms with Gasteiger partial charge in [-0.3, -0.25) is 0 Å². The van der Waals surface area contributed by atoms with Crippen molar-refractivity contribution in [2.45, 2.75) is 6.42 Å². The SMILES string of the molecule is CNc1ccc(-c2nc(Cc3cccc(F)c3)no2)cc1. The molecule has 0 atom stereocenters. The van der Waals surface area contributed by atoms with Crippen LogP contribution in [-0.4, -0.2) is 17.2 Å². The minimum atomic E-state index is -0.265. The third-order valence-corrected chi connectivity index (χ3v) is 3.14.